The van der Waals surface area contributed by atoms with Gasteiger partial charge in [0.05, 0.1) is 38.1 Å². The molecule has 4 nitrogen and oxygen atoms in total. The molecule has 5 heteroatoms. The van der Waals surface area contributed by atoms with E-state index in [9.17, 15) is 5.11 Å². The van der Waals surface area contributed by atoms with E-state index in [2.05, 4.69) is 53.7 Å². The first kappa shape index (κ1) is 23.6. The van der Waals surface area contributed by atoms with Gasteiger partial charge in [-0.05, 0) is 22.2 Å². The van der Waals surface area contributed by atoms with Crippen molar-refractivity contribution in [1.82, 2.24) is 0 Å². The van der Waals surface area contributed by atoms with Crippen LogP contribution in [0.4, 0.5) is 0 Å². The van der Waals surface area contributed by atoms with Gasteiger partial charge in [-0.25, -0.2) is 0 Å². The van der Waals surface area contributed by atoms with Crippen LogP contribution >= 0.6 is 0 Å². The third-order valence-corrected chi connectivity index (χ3v) is 12.2. The molecule has 1 aromatic carbocycles. The largest absolute Gasteiger partial charge is 0.413 e. The number of rotatable bonds is 10. The highest BCUT2D eigenvalue weighted by Crippen LogP contribution is 2.42. The minimum Gasteiger partial charge on any atom is -0.413 e. The molecule has 0 saturated carbocycles. The van der Waals surface area contributed by atoms with Crippen molar-refractivity contribution in [3.8, 4) is 0 Å². The van der Waals surface area contributed by atoms with E-state index in [0.717, 1.165) is 5.56 Å². The zero-order chi connectivity index (χ0) is 20.7. The summed E-state index contributed by atoms with van der Waals surface area (Å²) < 4.78 is 18.8. The molecule has 28 heavy (non-hydrogen) atoms. The van der Waals surface area contributed by atoms with E-state index < -0.39 is 8.32 Å². The van der Waals surface area contributed by atoms with E-state index in [1.165, 1.54) is 0 Å². The number of aliphatic hydroxyl groups excluding tert-OH is 1. The summed E-state index contributed by atoms with van der Waals surface area (Å²) in [6, 6.07) is 10.1. The molecule has 2 rings (SSSR count). The highest BCUT2D eigenvalue weighted by molar-refractivity contribution is 6.77. The average molecular weight is 409 g/mol. The van der Waals surface area contributed by atoms with E-state index in [1.54, 1.807) is 0 Å². The SMILES string of the molecule is CC(C)[Si](OC[C@@H]1C[C@H](O)C[C@H](COCc2ccccc2)O1)(C(C)C)C(C)C. The smallest absolute Gasteiger partial charge is 0.200 e. The molecule has 3 atom stereocenters. The van der Waals surface area contributed by atoms with E-state index >= 15 is 0 Å². The first-order valence-corrected chi connectivity index (χ1v) is 13.0. The van der Waals surface area contributed by atoms with Crippen LogP contribution in [0.3, 0.4) is 0 Å². The molecule has 1 aromatic rings. The van der Waals surface area contributed by atoms with Gasteiger partial charge < -0.3 is 19.0 Å². The Labute approximate surface area is 172 Å². The Morgan fingerprint density at radius 3 is 2.00 bits per heavy atom. The fraction of sp³-hybridized carbons (Fsp3) is 0.739. The molecule has 160 valence electrons. The van der Waals surface area contributed by atoms with Gasteiger partial charge in [0.15, 0.2) is 8.32 Å². The summed E-state index contributed by atoms with van der Waals surface area (Å²) in [5.41, 5.74) is 2.79. The molecule has 1 aliphatic heterocycles. The summed E-state index contributed by atoms with van der Waals surface area (Å²) in [4.78, 5) is 0. The molecule has 0 spiro atoms. The summed E-state index contributed by atoms with van der Waals surface area (Å²) in [5.74, 6) is 0. The quantitative estimate of drug-likeness (QED) is 0.533. The summed E-state index contributed by atoms with van der Waals surface area (Å²) in [5, 5.41) is 10.3. The fourth-order valence-electron chi connectivity index (χ4n) is 4.92. The predicted octanol–water partition coefficient (Wildman–Crippen LogP) is 5.30. The molecular weight excluding hydrogens is 368 g/mol. The highest BCUT2D eigenvalue weighted by atomic mass is 28.4. The Kier molecular flexibility index (Phi) is 9.16. The molecule has 0 amide bonds. The second kappa shape index (κ2) is 10.9. The van der Waals surface area contributed by atoms with Crippen molar-refractivity contribution < 1.29 is 19.0 Å². The first-order chi connectivity index (χ1) is 13.3. The summed E-state index contributed by atoms with van der Waals surface area (Å²) in [7, 11) is -1.92. The third-order valence-electron chi connectivity index (χ3n) is 6.10. The van der Waals surface area contributed by atoms with Gasteiger partial charge in [-0.15, -0.1) is 0 Å². The molecule has 0 aromatic heterocycles. The van der Waals surface area contributed by atoms with E-state index in [1.807, 2.05) is 18.2 Å². The van der Waals surface area contributed by atoms with Gasteiger partial charge in [0.2, 0.25) is 0 Å². The molecule has 1 fully saturated rings. The molecule has 0 unspecified atom stereocenters. The van der Waals surface area contributed by atoms with Gasteiger partial charge in [-0.1, -0.05) is 71.9 Å². The van der Waals surface area contributed by atoms with Gasteiger partial charge in [-0.3, -0.25) is 0 Å². The van der Waals surface area contributed by atoms with Crippen LogP contribution in [0.5, 0.6) is 0 Å². The zero-order valence-corrected chi connectivity index (χ0v) is 19.6. The molecule has 1 aliphatic rings. The zero-order valence-electron chi connectivity index (χ0n) is 18.6. The topological polar surface area (TPSA) is 47.9 Å². The van der Waals surface area contributed by atoms with Crippen molar-refractivity contribution in [2.75, 3.05) is 13.2 Å². The van der Waals surface area contributed by atoms with Gasteiger partial charge in [0, 0.05) is 12.8 Å². The van der Waals surface area contributed by atoms with Crippen molar-refractivity contribution in [3.05, 3.63) is 35.9 Å². The monoisotopic (exact) mass is 408 g/mol. The van der Waals surface area contributed by atoms with Crippen LogP contribution in [0.2, 0.25) is 16.6 Å². The number of benzene rings is 1. The molecule has 0 aliphatic carbocycles. The molecule has 0 radical (unpaired) electrons. The summed E-state index contributed by atoms with van der Waals surface area (Å²) in [6.45, 7) is 15.4. The summed E-state index contributed by atoms with van der Waals surface area (Å²) in [6.07, 6.45) is 0.799. The first-order valence-electron chi connectivity index (χ1n) is 10.8. The van der Waals surface area contributed by atoms with Gasteiger partial charge >= 0.3 is 0 Å². The Hall–Kier alpha value is -0.723. The Morgan fingerprint density at radius 2 is 1.46 bits per heavy atom. The molecule has 0 bridgehead atoms. The number of hydrogen-bond donors (Lipinski definition) is 1. The maximum absolute atomic E-state index is 10.3. The minimum absolute atomic E-state index is 0.0581. The molecule has 1 N–H and O–H groups in total. The molecule has 1 heterocycles. The highest BCUT2D eigenvalue weighted by Gasteiger charge is 2.45. The molecule has 1 saturated heterocycles. The van der Waals surface area contributed by atoms with Crippen molar-refractivity contribution in [2.45, 2.75) is 95.9 Å². The lowest BCUT2D eigenvalue weighted by Gasteiger charge is -2.44. The van der Waals surface area contributed by atoms with E-state index in [-0.39, 0.29) is 18.3 Å². The normalized spacial score (nSPS) is 23.7. The van der Waals surface area contributed by atoms with Crippen LogP contribution in [0.25, 0.3) is 0 Å². The van der Waals surface area contributed by atoms with E-state index in [4.69, 9.17) is 13.9 Å². The fourth-order valence-corrected chi connectivity index (χ4v) is 10.4. The Bertz CT molecular complexity index is 539. The average Bonchev–Trinajstić information content (AvgIpc) is 2.62. The van der Waals surface area contributed by atoms with Gasteiger partial charge in [0.1, 0.15) is 0 Å². The standard InChI is InChI=1S/C23H40O4Si/c1-17(2)28(18(3)4,19(5)6)26-16-23-13-21(24)12-22(27-23)15-25-14-20-10-8-7-9-11-20/h7-11,17-19,21-24H,12-16H2,1-6H3/t21-,22-,23+/m1/s1. The van der Waals surface area contributed by atoms with Crippen molar-refractivity contribution in [3.63, 3.8) is 0 Å². The second-order valence-electron chi connectivity index (χ2n) is 9.13. The van der Waals surface area contributed by atoms with Crippen molar-refractivity contribution in [2.24, 2.45) is 0 Å². The van der Waals surface area contributed by atoms with Crippen LogP contribution in [0.1, 0.15) is 59.9 Å². The van der Waals surface area contributed by atoms with Crippen LogP contribution in [0, 0.1) is 0 Å². The number of hydrogen-bond acceptors (Lipinski definition) is 4. The maximum Gasteiger partial charge on any atom is 0.200 e. The number of ether oxygens (including phenoxy) is 2. The van der Waals surface area contributed by atoms with Crippen molar-refractivity contribution >= 4 is 8.32 Å². The Morgan fingerprint density at radius 1 is 0.929 bits per heavy atom. The maximum atomic E-state index is 10.3. The van der Waals surface area contributed by atoms with Crippen LogP contribution < -0.4 is 0 Å². The second-order valence-corrected chi connectivity index (χ2v) is 14.6. The lowest BCUT2D eigenvalue weighted by atomic mass is 10.0. The van der Waals surface area contributed by atoms with E-state index in [0.29, 0.717) is 49.3 Å². The lowest BCUT2D eigenvalue weighted by Crippen LogP contribution is -2.50. The Balaban J connectivity index is 1.89. The summed E-state index contributed by atoms with van der Waals surface area (Å²) >= 11 is 0. The van der Waals surface area contributed by atoms with Crippen molar-refractivity contribution in [1.29, 1.82) is 0 Å². The lowest BCUT2D eigenvalue weighted by molar-refractivity contribution is -0.133. The van der Waals surface area contributed by atoms with Gasteiger partial charge in [-0.2, -0.15) is 0 Å². The minimum atomic E-state index is -1.92. The van der Waals surface area contributed by atoms with Crippen LogP contribution in [0.15, 0.2) is 30.3 Å². The third kappa shape index (κ3) is 6.14. The number of aliphatic hydroxyl groups is 1. The van der Waals surface area contributed by atoms with Gasteiger partial charge in [0.25, 0.3) is 0 Å². The molecular formula is C23H40O4Si. The predicted molar refractivity (Wildman–Crippen MR) is 117 cm³/mol. The van der Waals surface area contributed by atoms with Crippen LogP contribution in [-0.2, 0) is 20.5 Å². The van der Waals surface area contributed by atoms with Crippen LogP contribution in [-0.4, -0.2) is 44.9 Å².